The molecule has 39 heavy (non-hydrogen) atoms. The van der Waals surface area contributed by atoms with Crippen molar-refractivity contribution in [3.63, 3.8) is 0 Å². The monoisotopic (exact) mass is 550 g/mol. The fourth-order valence-corrected chi connectivity index (χ4v) is 3.65. The van der Waals surface area contributed by atoms with Gasteiger partial charge in [-0.15, -0.1) is 12.4 Å². The van der Waals surface area contributed by atoms with Gasteiger partial charge in [0.1, 0.15) is 5.75 Å². The number of nitrogens with one attached hydrogen (secondary N) is 1. The number of guanidine groups is 1. The second kappa shape index (κ2) is 13.1. The first kappa shape index (κ1) is 28.7. The van der Waals surface area contributed by atoms with Crippen LogP contribution in [0.25, 0.3) is 22.5 Å². The van der Waals surface area contributed by atoms with Gasteiger partial charge in [-0.05, 0) is 48.0 Å². The van der Waals surface area contributed by atoms with E-state index in [9.17, 15) is 10.1 Å². The van der Waals surface area contributed by atoms with E-state index in [0.29, 0.717) is 40.7 Å². The van der Waals surface area contributed by atoms with Gasteiger partial charge in [0, 0.05) is 29.8 Å². The van der Waals surface area contributed by atoms with Gasteiger partial charge in [-0.1, -0.05) is 18.2 Å². The van der Waals surface area contributed by atoms with E-state index in [0.717, 1.165) is 11.1 Å². The molecule has 3 N–H and O–H groups in total. The molecule has 0 fully saturated rings. The van der Waals surface area contributed by atoms with Crippen molar-refractivity contribution in [2.75, 3.05) is 21.3 Å². The van der Waals surface area contributed by atoms with Crippen LogP contribution in [0, 0.1) is 10.1 Å². The minimum Gasteiger partial charge on any atom is -0.497 e. The van der Waals surface area contributed by atoms with Gasteiger partial charge >= 0.3 is 0 Å². The van der Waals surface area contributed by atoms with E-state index < -0.39 is 4.92 Å². The Morgan fingerprint density at radius 3 is 2.23 bits per heavy atom. The molecule has 0 saturated carbocycles. The Bertz CT molecular complexity index is 1480. The summed E-state index contributed by atoms with van der Waals surface area (Å²) in [7, 11) is 4.73. The quantitative estimate of drug-likeness (QED) is 0.128. The summed E-state index contributed by atoms with van der Waals surface area (Å²) in [6, 6.07) is 20.8. The van der Waals surface area contributed by atoms with Crippen molar-refractivity contribution in [3.8, 4) is 39.8 Å². The fraction of sp³-hybridized carbons (Fsp3) is 0.148. The number of nitrogens with two attached hydrogens (primary N) is 1. The van der Waals surface area contributed by atoms with Gasteiger partial charge in [0.25, 0.3) is 11.6 Å². The number of halogens is 1. The Morgan fingerprint density at radius 2 is 1.59 bits per heavy atom. The highest BCUT2D eigenvalue weighted by molar-refractivity contribution is 5.85. The van der Waals surface area contributed by atoms with Crippen LogP contribution in [0.15, 0.2) is 77.8 Å². The second-order valence-corrected chi connectivity index (χ2v) is 8.01. The van der Waals surface area contributed by atoms with Crippen LogP contribution in [0.1, 0.15) is 5.56 Å². The Kier molecular flexibility index (Phi) is 9.60. The van der Waals surface area contributed by atoms with E-state index in [1.165, 1.54) is 12.1 Å². The van der Waals surface area contributed by atoms with Gasteiger partial charge in [0.05, 0.1) is 37.6 Å². The Morgan fingerprint density at radius 1 is 0.897 bits per heavy atom. The number of aromatic nitrogens is 2. The maximum atomic E-state index is 11.3. The first-order chi connectivity index (χ1) is 18.4. The van der Waals surface area contributed by atoms with E-state index in [1.807, 2.05) is 36.4 Å². The molecule has 0 radical (unpaired) electrons. The molecule has 1 aromatic heterocycles. The minimum atomic E-state index is -0.454. The fourth-order valence-electron chi connectivity index (χ4n) is 3.65. The lowest BCUT2D eigenvalue weighted by Crippen LogP contribution is -2.30. The molecule has 12 heteroatoms. The number of hydrogen-bond donors (Lipinski definition) is 2. The summed E-state index contributed by atoms with van der Waals surface area (Å²) in [5.74, 6) is 2.10. The van der Waals surface area contributed by atoms with Crippen LogP contribution in [0.2, 0.25) is 0 Å². The summed E-state index contributed by atoms with van der Waals surface area (Å²) in [5.41, 5.74) is 9.36. The second-order valence-electron chi connectivity index (χ2n) is 8.01. The molecule has 0 atom stereocenters. The molecular weight excluding hydrogens is 524 g/mol. The van der Waals surface area contributed by atoms with Crippen molar-refractivity contribution in [1.29, 1.82) is 0 Å². The maximum Gasteiger partial charge on any atom is 0.270 e. The average Bonchev–Trinajstić information content (AvgIpc) is 2.95. The first-order valence-electron chi connectivity index (χ1n) is 11.5. The molecule has 0 bridgehead atoms. The highest BCUT2D eigenvalue weighted by Crippen LogP contribution is 2.29. The van der Waals surface area contributed by atoms with Gasteiger partial charge < -0.3 is 25.3 Å². The normalized spacial score (nSPS) is 10.8. The van der Waals surface area contributed by atoms with Gasteiger partial charge in [0.2, 0.25) is 0 Å². The zero-order chi connectivity index (χ0) is 27.1. The zero-order valence-corrected chi connectivity index (χ0v) is 22.3. The maximum absolute atomic E-state index is 11.3. The number of hydrogen-bond acceptors (Lipinski definition) is 8. The number of nitro groups is 1. The number of rotatable bonds is 9. The smallest absolute Gasteiger partial charge is 0.270 e. The largest absolute Gasteiger partial charge is 0.497 e. The molecule has 0 aliphatic carbocycles. The van der Waals surface area contributed by atoms with Crippen LogP contribution in [0.5, 0.6) is 17.2 Å². The molecule has 0 unspecified atom stereocenters. The molecular formula is C27H27ClN6O5. The van der Waals surface area contributed by atoms with Crippen molar-refractivity contribution in [2.24, 2.45) is 10.7 Å². The summed E-state index contributed by atoms with van der Waals surface area (Å²) in [6.07, 6.45) is 0. The summed E-state index contributed by atoms with van der Waals surface area (Å²) >= 11 is 0. The van der Waals surface area contributed by atoms with Gasteiger partial charge in [0.15, 0.2) is 17.5 Å². The third kappa shape index (κ3) is 7.11. The van der Waals surface area contributed by atoms with E-state index in [1.54, 1.807) is 45.6 Å². The van der Waals surface area contributed by atoms with Gasteiger partial charge in [-0.2, -0.15) is 4.99 Å². The third-order valence-corrected chi connectivity index (χ3v) is 5.59. The van der Waals surface area contributed by atoms with Crippen molar-refractivity contribution in [3.05, 3.63) is 88.5 Å². The molecule has 4 rings (SSSR count). The Hall–Kier alpha value is -4.90. The Labute approximate surface area is 231 Å². The standard InChI is InChI=1S/C27H26N6O5.ClH/c1-36-21-10-8-18(9-11-21)22-15-23(19-5-4-6-20(14-19)33(34)35)31-27(30-22)32-26(28)29-16-17-7-12-24(37-2)25(13-17)38-3;/h4-15H,16H2,1-3H3,(H3,28,29,30,31,32);1H. The summed E-state index contributed by atoms with van der Waals surface area (Å²) in [6.45, 7) is 0.367. The van der Waals surface area contributed by atoms with Crippen molar-refractivity contribution < 1.29 is 19.1 Å². The number of methoxy groups -OCH3 is 3. The number of ether oxygens (including phenoxy) is 3. The summed E-state index contributed by atoms with van der Waals surface area (Å²) in [5, 5.41) is 14.3. The predicted octanol–water partition coefficient (Wildman–Crippen LogP) is 4.90. The summed E-state index contributed by atoms with van der Waals surface area (Å²) in [4.78, 5) is 24.3. The number of non-ortho nitro benzene ring substituents is 1. The SMILES string of the molecule is COc1ccc(-c2cc(-c3cccc([N+](=O)[O-])c3)nc(N=C(N)NCc3ccc(OC)c(OC)c3)n2)cc1.Cl. The van der Waals surface area contributed by atoms with E-state index in [4.69, 9.17) is 19.9 Å². The highest BCUT2D eigenvalue weighted by atomic mass is 35.5. The molecule has 0 spiro atoms. The lowest BCUT2D eigenvalue weighted by Gasteiger charge is -2.11. The molecule has 11 nitrogen and oxygen atoms in total. The molecule has 0 amide bonds. The third-order valence-electron chi connectivity index (χ3n) is 5.59. The van der Waals surface area contributed by atoms with Crippen LogP contribution in [-0.2, 0) is 6.54 Å². The first-order valence-corrected chi connectivity index (χ1v) is 11.5. The van der Waals surface area contributed by atoms with Crippen LogP contribution in [0.4, 0.5) is 11.6 Å². The number of benzene rings is 3. The molecule has 3 aromatic carbocycles. The van der Waals surface area contributed by atoms with E-state index in [2.05, 4.69) is 20.3 Å². The molecule has 1 heterocycles. The van der Waals surface area contributed by atoms with E-state index in [-0.39, 0.29) is 30.0 Å². The molecule has 0 aliphatic rings. The van der Waals surface area contributed by atoms with Crippen LogP contribution in [0.3, 0.4) is 0 Å². The lowest BCUT2D eigenvalue weighted by molar-refractivity contribution is -0.384. The zero-order valence-electron chi connectivity index (χ0n) is 21.5. The lowest BCUT2D eigenvalue weighted by atomic mass is 10.1. The molecule has 0 saturated heterocycles. The predicted molar refractivity (Wildman–Crippen MR) is 151 cm³/mol. The molecule has 0 aliphatic heterocycles. The van der Waals surface area contributed by atoms with Crippen molar-refractivity contribution in [1.82, 2.24) is 15.3 Å². The number of nitro benzene ring substituents is 1. The average molecular weight is 551 g/mol. The minimum absolute atomic E-state index is 0. The number of aliphatic imine (C=N–C) groups is 1. The van der Waals surface area contributed by atoms with Gasteiger partial charge in [-0.25, -0.2) is 9.97 Å². The number of nitrogens with zero attached hydrogens (tertiary/aromatic N) is 4. The topological polar surface area (TPSA) is 147 Å². The highest BCUT2D eigenvalue weighted by Gasteiger charge is 2.13. The molecule has 202 valence electrons. The summed E-state index contributed by atoms with van der Waals surface area (Å²) < 4.78 is 15.9. The van der Waals surface area contributed by atoms with Gasteiger partial charge in [-0.3, -0.25) is 10.1 Å². The van der Waals surface area contributed by atoms with Crippen molar-refractivity contribution in [2.45, 2.75) is 6.54 Å². The van der Waals surface area contributed by atoms with Crippen LogP contribution < -0.4 is 25.3 Å². The van der Waals surface area contributed by atoms with Crippen molar-refractivity contribution >= 4 is 30.0 Å². The molecule has 4 aromatic rings. The van der Waals surface area contributed by atoms with Crippen LogP contribution in [-0.4, -0.2) is 42.2 Å². The van der Waals surface area contributed by atoms with Crippen LogP contribution >= 0.6 is 12.4 Å². The van der Waals surface area contributed by atoms with E-state index >= 15 is 0 Å². The Balaban J connectivity index is 0.00000420.